The highest BCUT2D eigenvalue weighted by molar-refractivity contribution is 8.03. The molecule has 2 N–H and O–H groups in total. The van der Waals surface area contributed by atoms with Crippen molar-refractivity contribution in [2.45, 2.75) is 12.1 Å². The Labute approximate surface area is 155 Å². The Morgan fingerprint density at radius 1 is 1.28 bits per heavy atom. The summed E-state index contributed by atoms with van der Waals surface area (Å²) in [6, 6.07) is 2.79. The number of hydrogen-bond acceptors (Lipinski definition) is 7. The smallest absolute Gasteiger partial charge is 0.342 e. The number of aromatic nitrogens is 2. The van der Waals surface area contributed by atoms with Crippen molar-refractivity contribution in [1.29, 1.82) is 0 Å². The van der Waals surface area contributed by atoms with Crippen molar-refractivity contribution in [2.24, 2.45) is 0 Å². The van der Waals surface area contributed by atoms with Gasteiger partial charge in [0.15, 0.2) is 12.4 Å². The lowest BCUT2D eigenvalue weighted by Gasteiger charge is -2.09. The summed E-state index contributed by atoms with van der Waals surface area (Å²) in [6.45, 7) is 0.970. The molecule has 0 saturated carbocycles. The van der Waals surface area contributed by atoms with Crippen molar-refractivity contribution >= 4 is 53.0 Å². The summed E-state index contributed by atoms with van der Waals surface area (Å²) in [5.74, 6) is -2.09. The van der Waals surface area contributed by atoms with Gasteiger partial charge >= 0.3 is 11.9 Å². The van der Waals surface area contributed by atoms with Crippen LogP contribution in [0.5, 0.6) is 5.75 Å². The average molecular weight is 405 g/mol. The molecule has 11 heteroatoms. The molecule has 0 atom stereocenters. The van der Waals surface area contributed by atoms with Crippen molar-refractivity contribution < 1.29 is 29.0 Å². The third kappa shape index (κ3) is 5.38. The lowest BCUT2D eigenvalue weighted by molar-refractivity contribution is -0.139. The summed E-state index contributed by atoms with van der Waals surface area (Å²) in [5, 5.41) is 25.4. The van der Waals surface area contributed by atoms with Gasteiger partial charge in [-0.15, -0.1) is 10.2 Å². The standard InChI is InChI=1S/C14H10Cl2N2O6S/c1-6-17-18-14(24-6)25-10(13(21)22)4-7-2-8(15)12(9(16)3-7)23-5-11(19)20/h2-4H,5H2,1H3,(H,19,20)(H,21,22)/b10-4-. The first kappa shape index (κ1) is 19.1. The number of hydrogen-bond donors (Lipinski definition) is 2. The van der Waals surface area contributed by atoms with E-state index in [4.69, 9.17) is 37.5 Å². The molecular formula is C14H10Cl2N2O6S. The second-order valence-corrected chi connectivity index (χ2v) is 6.31. The molecule has 0 aliphatic heterocycles. The number of carbonyl (C=O) groups is 2. The van der Waals surface area contributed by atoms with Crippen LogP contribution in [0.2, 0.25) is 10.0 Å². The minimum absolute atomic E-state index is 0.0000579. The number of thioether (sulfide) groups is 1. The van der Waals surface area contributed by atoms with Gasteiger partial charge in [-0.3, -0.25) is 0 Å². The number of nitrogens with zero attached hydrogens (tertiary/aromatic N) is 2. The number of rotatable bonds is 7. The molecule has 1 aromatic heterocycles. The summed E-state index contributed by atoms with van der Waals surface area (Å²) in [4.78, 5) is 21.8. The summed E-state index contributed by atoms with van der Waals surface area (Å²) in [7, 11) is 0. The lowest BCUT2D eigenvalue weighted by Crippen LogP contribution is -2.10. The molecule has 0 spiro atoms. The molecular weight excluding hydrogens is 395 g/mol. The molecule has 0 saturated heterocycles. The fourth-order valence-corrected chi connectivity index (χ4v) is 2.96. The van der Waals surface area contributed by atoms with E-state index in [1.807, 2.05) is 0 Å². The second kappa shape index (κ2) is 8.24. The van der Waals surface area contributed by atoms with Crippen LogP contribution in [0.25, 0.3) is 6.08 Å². The van der Waals surface area contributed by atoms with E-state index in [2.05, 4.69) is 10.2 Å². The molecule has 8 nitrogen and oxygen atoms in total. The van der Waals surface area contributed by atoms with Crippen LogP contribution in [0, 0.1) is 6.92 Å². The maximum absolute atomic E-state index is 11.4. The zero-order chi connectivity index (χ0) is 18.6. The van der Waals surface area contributed by atoms with E-state index >= 15 is 0 Å². The highest BCUT2D eigenvalue weighted by Crippen LogP contribution is 2.36. The van der Waals surface area contributed by atoms with Crippen LogP contribution >= 0.6 is 35.0 Å². The van der Waals surface area contributed by atoms with Crippen LogP contribution in [0.3, 0.4) is 0 Å². The van der Waals surface area contributed by atoms with Gasteiger partial charge in [-0.25, -0.2) is 9.59 Å². The zero-order valence-corrected chi connectivity index (χ0v) is 14.9. The van der Waals surface area contributed by atoms with Crippen molar-refractivity contribution in [3.63, 3.8) is 0 Å². The molecule has 0 radical (unpaired) electrons. The third-order valence-corrected chi connectivity index (χ3v) is 3.99. The Morgan fingerprint density at radius 3 is 2.40 bits per heavy atom. The second-order valence-electron chi connectivity index (χ2n) is 4.50. The molecule has 0 amide bonds. The molecule has 132 valence electrons. The van der Waals surface area contributed by atoms with Crippen molar-refractivity contribution in [1.82, 2.24) is 10.2 Å². The van der Waals surface area contributed by atoms with Gasteiger partial charge in [-0.1, -0.05) is 23.2 Å². The van der Waals surface area contributed by atoms with Crippen LogP contribution in [0.15, 0.2) is 26.7 Å². The van der Waals surface area contributed by atoms with Gasteiger partial charge in [-0.2, -0.15) is 0 Å². The number of benzene rings is 1. The van der Waals surface area contributed by atoms with Gasteiger partial charge in [0.1, 0.15) is 4.91 Å². The van der Waals surface area contributed by atoms with E-state index < -0.39 is 18.5 Å². The van der Waals surface area contributed by atoms with Gasteiger partial charge < -0.3 is 19.4 Å². The molecule has 0 aliphatic carbocycles. The number of ether oxygens (including phenoxy) is 1. The first-order valence-electron chi connectivity index (χ1n) is 6.53. The Hall–Kier alpha value is -2.23. The fourth-order valence-electron chi connectivity index (χ4n) is 1.63. The normalized spacial score (nSPS) is 11.4. The minimum Gasteiger partial charge on any atom is -0.479 e. The molecule has 25 heavy (non-hydrogen) atoms. The molecule has 0 fully saturated rings. The highest BCUT2D eigenvalue weighted by atomic mass is 35.5. The van der Waals surface area contributed by atoms with E-state index in [-0.39, 0.29) is 25.9 Å². The summed E-state index contributed by atoms with van der Waals surface area (Å²) < 4.78 is 10.1. The van der Waals surface area contributed by atoms with Crippen molar-refractivity contribution in [2.75, 3.05) is 6.61 Å². The topological polar surface area (TPSA) is 123 Å². The monoisotopic (exact) mass is 404 g/mol. The Bertz CT molecular complexity index is 829. The average Bonchev–Trinajstić information content (AvgIpc) is 2.90. The molecule has 1 aromatic carbocycles. The van der Waals surface area contributed by atoms with Gasteiger partial charge in [0, 0.05) is 6.92 Å². The summed E-state index contributed by atoms with van der Waals surface area (Å²) >= 11 is 12.8. The van der Waals surface area contributed by atoms with Crippen LogP contribution in [-0.2, 0) is 9.59 Å². The van der Waals surface area contributed by atoms with Gasteiger partial charge in [0.25, 0.3) is 5.22 Å². The molecule has 0 bridgehead atoms. The number of halogens is 2. The largest absolute Gasteiger partial charge is 0.479 e. The van der Waals surface area contributed by atoms with E-state index in [0.717, 1.165) is 11.8 Å². The summed E-state index contributed by atoms with van der Waals surface area (Å²) in [5.41, 5.74) is 0.374. The minimum atomic E-state index is -1.21. The van der Waals surface area contributed by atoms with E-state index in [9.17, 15) is 14.7 Å². The number of aryl methyl sites for hydroxylation is 1. The lowest BCUT2D eigenvalue weighted by atomic mass is 10.2. The molecule has 2 aromatic rings. The first-order valence-corrected chi connectivity index (χ1v) is 8.10. The SMILES string of the molecule is Cc1nnc(S/C(=C\c2cc(Cl)c(OCC(=O)O)c(Cl)c2)C(=O)O)o1. The number of carboxylic acid groups (broad SMARTS) is 2. The third-order valence-electron chi connectivity index (χ3n) is 2.57. The van der Waals surface area contributed by atoms with E-state index in [1.54, 1.807) is 6.92 Å². The van der Waals surface area contributed by atoms with E-state index in [1.165, 1.54) is 18.2 Å². The Kier molecular flexibility index (Phi) is 6.29. The highest BCUT2D eigenvalue weighted by Gasteiger charge is 2.16. The molecule has 2 rings (SSSR count). The van der Waals surface area contributed by atoms with Gasteiger partial charge in [-0.05, 0) is 35.5 Å². The van der Waals surface area contributed by atoms with Crippen molar-refractivity contribution in [3.8, 4) is 5.75 Å². The maximum Gasteiger partial charge on any atom is 0.342 e. The predicted molar refractivity (Wildman–Crippen MR) is 90.1 cm³/mol. The fraction of sp³-hybridized carbons (Fsp3) is 0.143. The van der Waals surface area contributed by atoms with Crippen LogP contribution < -0.4 is 4.74 Å². The van der Waals surface area contributed by atoms with E-state index in [0.29, 0.717) is 11.5 Å². The van der Waals surface area contributed by atoms with Crippen LogP contribution in [0.1, 0.15) is 11.5 Å². The van der Waals surface area contributed by atoms with Gasteiger partial charge in [0.05, 0.1) is 10.0 Å². The number of carboxylic acids is 2. The predicted octanol–water partition coefficient (Wildman–Crippen LogP) is 3.37. The summed E-state index contributed by atoms with van der Waals surface area (Å²) in [6.07, 6.45) is 1.31. The Balaban J connectivity index is 2.30. The van der Waals surface area contributed by atoms with Crippen LogP contribution in [-0.4, -0.2) is 39.0 Å². The Morgan fingerprint density at radius 2 is 1.92 bits per heavy atom. The maximum atomic E-state index is 11.4. The molecule has 0 aliphatic rings. The van der Waals surface area contributed by atoms with Crippen molar-refractivity contribution in [3.05, 3.63) is 38.5 Å². The molecule has 1 heterocycles. The van der Waals surface area contributed by atoms with Gasteiger partial charge in [0.2, 0.25) is 5.89 Å². The first-order chi connectivity index (χ1) is 11.8. The van der Waals surface area contributed by atoms with Crippen LogP contribution in [0.4, 0.5) is 0 Å². The number of aliphatic carboxylic acids is 2. The molecule has 0 unspecified atom stereocenters. The zero-order valence-electron chi connectivity index (χ0n) is 12.5. The quantitative estimate of drug-likeness (QED) is 0.527.